The van der Waals surface area contributed by atoms with Gasteiger partial charge in [0.15, 0.2) is 0 Å². The highest BCUT2D eigenvalue weighted by Gasteiger charge is 2.21. The Kier molecular flexibility index (Phi) is 7.33. The van der Waals surface area contributed by atoms with Crippen LogP contribution >= 0.6 is 21.6 Å². The molecule has 15 heavy (non-hydrogen) atoms. The molecule has 1 atom stereocenters. The van der Waals surface area contributed by atoms with Gasteiger partial charge < -0.3 is 15.3 Å². The third-order valence-corrected chi connectivity index (χ3v) is 3.78. The molecule has 0 aromatic rings. The van der Waals surface area contributed by atoms with E-state index in [2.05, 4.69) is 11.3 Å². The third kappa shape index (κ3) is 7.33. The van der Waals surface area contributed by atoms with Gasteiger partial charge in [0, 0.05) is 12.2 Å². The zero-order chi connectivity index (χ0) is 11.8. The molecule has 0 bridgehead atoms. The summed E-state index contributed by atoms with van der Waals surface area (Å²) in [5.41, 5.74) is 5.35. The lowest BCUT2D eigenvalue weighted by molar-refractivity contribution is -0.146. The minimum atomic E-state index is -0.399. The van der Waals surface area contributed by atoms with Gasteiger partial charge in [-0.25, -0.2) is 0 Å². The maximum absolute atomic E-state index is 11.3. The lowest BCUT2D eigenvalue weighted by Crippen LogP contribution is -2.20. The third-order valence-electron chi connectivity index (χ3n) is 1.50. The average molecular weight is 249 g/mol. The first kappa shape index (κ1) is 14.4. The quantitative estimate of drug-likeness (QED) is 0.545. The maximum Gasteiger partial charge on any atom is 0.309 e. The van der Waals surface area contributed by atoms with Crippen molar-refractivity contribution in [3.8, 4) is 0 Å². The minimum absolute atomic E-state index is 0.0254. The molecule has 0 aliphatic carbocycles. The number of ketones is 1. The second kappa shape index (κ2) is 7.64. The minimum Gasteiger partial charge on any atom is -0.469 e. The molecule has 6 heteroatoms. The van der Waals surface area contributed by atoms with Crippen molar-refractivity contribution >= 4 is 33.3 Å². The molecular formula is C9H15NO3S2. The number of hydrogen-bond donors (Lipinski definition) is 1. The van der Waals surface area contributed by atoms with Crippen LogP contribution in [0.4, 0.5) is 0 Å². The zero-order valence-electron chi connectivity index (χ0n) is 8.82. The van der Waals surface area contributed by atoms with Gasteiger partial charge in [-0.3, -0.25) is 4.79 Å². The highest BCUT2D eigenvalue weighted by molar-refractivity contribution is 8.78. The molecule has 0 amide bonds. The predicted molar refractivity (Wildman–Crippen MR) is 64.2 cm³/mol. The summed E-state index contributed by atoms with van der Waals surface area (Å²) < 4.78 is 4.60. The molecule has 0 fully saturated rings. The number of carbonyl (C=O) groups excluding carboxylic acids is 2. The molecule has 0 saturated carbocycles. The van der Waals surface area contributed by atoms with Crippen LogP contribution in [0.3, 0.4) is 0 Å². The van der Waals surface area contributed by atoms with Crippen LogP contribution in [0.15, 0.2) is 11.6 Å². The van der Waals surface area contributed by atoms with Crippen LogP contribution in [0, 0.1) is 5.92 Å². The molecule has 4 nitrogen and oxygen atoms in total. The van der Waals surface area contributed by atoms with E-state index < -0.39 is 5.92 Å². The number of rotatable bonds is 7. The Balaban J connectivity index is 4.07. The fraction of sp³-hybridized carbons (Fsp3) is 0.556. The van der Waals surface area contributed by atoms with Crippen molar-refractivity contribution in [2.24, 2.45) is 11.7 Å². The van der Waals surface area contributed by atoms with Crippen molar-refractivity contribution in [2.45, 2.75) is 13.3 Å². The van der Waals surface area contributed by atoms with E-state index in [9.17, 15) is 9.59 Å². The summed E-state index contributed by atoms with van der Waals surface area (Å²) >= 11 is 0. The van der Waals surface area contributed by atoms with Gasteiger partial charge in [0.25, 0.3) is 0 Å². The Labute approximate surface area is 97.4 Å². The number of esters is 1. The smallest absolute Gasteiger partial charge is 0.309 e. The molecule has 0 aromatic carbocycles. The van der Waals surface area contributed by atoms with Gasteiger partial charge in [-0.1, -0.05) is 17.4 Å². The lowest BCUT2D eigenvalue weighted by atomic mass is 10.1. The van der Waals surface area contributed by atoms with Crippen LogP contribution in [-0.4, -0.2) is 24.6 Å². The number of Topliss-reactive ketones (excluding diaryl/α,β-unsaturated/α-hetero) is 1. The first-order chi connectivity index (χ1) is 6.97. The van der Waals surface area contributed by atoms with Crippen LogP contribution in [0.1, 0.15) is 13.3 Å². The molecular weight excluding hydrogens is 234 g/mol. The van der Waals surface area contributed by atoms with Crippen molar-refractivity contribution < 1.29 is 14.3 Å². The van der Waals surface area contributed by atoms with Crippen molar-refractivity contribution in [3.63, 3.8) is 0 Å². The van der Waals surface area contributed by atoms with E-state index in [0.29, 0.717) is 10.8 Å². The fourth-order valence-corrected chi connectivity index (χ4v) is 2.70. The fourth-order valence-electron chi connectivity index (χ4n) is 0.916. The molecule has 86 valence electrons. The highest BCUT2D eigenvalue weighted by Crippen LogP contribution is 2.29. The summed E-state index contributed by atoms with van der Waals surface area (Å²) in [6.07, 6.45) is 0.206. The predicted octanol–water partition coefficient (Wildman–Crippen LogP) is 1.57. The Morgan fingerprint density at radius 1 is 1.53 bits per heavy atom. The van der Waals surface area contributed by atoms with E-state index in [-0.39, 0.29) is 18.2 Å². The Morgan fingerprint density at radius 2 is 2.13 bits per heavy atom. The van der Waals surface area contributed by atoms with Crippen LogP contribution in [0.5, 0.6) is 0 Å². The summed E-state index contributed by atoms with van der Waals surface area (Å²) in [5.74, 6) is -0.291. The summed E-state index contributed by atoms with van der Waals surface area (Å²) in [7, 11) is 4.00. The second-order valence-corrected chi connectivity index (χ2v) is 5.43. The van der Waals surface area contributed by atoms with Gasteiger partial charge in [0.2, 0.25) is 0 Å². The normalized spacial score (nSPS) is 11.9. The molecule has 2 N–H and O–H groups in total. The van der Waals surface area contributed by atoms with E-state index in [1.807, 2.05) is 0 Å². The number of nitrogens with two attached hydrogens (primary N) is 1. The molecule has 0 aromatic heterocycles. The molecule has 1 unspecified atom stereocenters. The summed E-state index contributed by atoms with van der Waals surface area (Å²) in [6, 6.07) is 0. The van der Waals surface area contributed by atoms with Gasteiger partial charge in [0.1, 0.15) is 5.78 Å². The van der Waals surface area contributed by atoms with Crippen LogP contribution in [0.25, 0.3) is 0 Å². The van der Waals surface area contributed by atoms with Gasteiger partial charge in [-0.2, -0.15) is 0 Å². The van der Waals surface area contributed by atoms with Crippen LogP contribution in [0.2, 0.25) is 0 Å². The van der Waals surface area contributed by atoms with Crippen molar-refractivity contribution in [1.82, 2.24) is 0 Å². The van der Waals surface area contributed by atoms with Crippen molar-refractivity contribution in [3.05, 3.63) is 11.6 Å². The van der Waals surface area contributed by atoms with E-state index >= 15 is 0 Å². The van der Waals surface area contributed by atoms with E-state index in [0.717, 1.165) is 0 Å². The zero-order valence-corrected chi connectivity index (χ0v) is 10.5. The molecule has 0 rings (SSSR count). The monoisotopic (exact) mass is 249 g/mol. The molecule has 0 spiro atoms. The van der Waals surface area contributed by atoms with Gasteiger partial charge in [-0.15, -0.1) is 0 Å². The van der Waals surface area contributed by atoms with Gasteiger partial charge in [-0.05, 0) is 17.7 Å². The van der Waals surface area contributed by atoms with Crippen molar-refractivity contribution in [2.75, 3.05) is 12.9 Å². The summed E-state index contributed by atoms with van der Waals surface area (Å²) in [5, 5.41) is 0.478. The number of hydrogen-bond acceptors (Lipinski definition) is 6. The number of methoxy groups -OCH3 is 1. The lowest BCUT2D eigenvalue weighted by Gasteiger charge is -2.11. The van der Waals surface area contributed by atoms with E-state index in [1.54, 1.807) is 0 Å². The summed E-state index contributed by atoms with van der Waals surface area (Å²) in [6.45, 7) is 4.97. The second-order valence-electron chi connectivity index (χ2n) is 2.96. The van der Waals surface area contributed by atoms with E-state index in [4.69, 9.17) is 5.73 Å². The standard InChI is InChI=1S/C9H15NO3S2/c1-6(11)4-8(9(12)13-3)5-14-15-7(2)10/h8H,2,4-5,10H2,1,3H3. The molecule has 0 aliphatic heterocycles. The van der Waals surface area contributed by atoms with Crippen LogP contribution in [-0.2, 0) is 14.3 Å². The Hall–Kier alpha value is -0.620. The molecule has 0 saturated heterocycles. The van der Waals surface area contributed by atoms with Gasteiger partial charge >= 0.3 is 5.97 Å². The average Bonchev–Trinajstić information content (AvgIpc) is 2.14. The molecule has 0 aliphatic rings. The number of ether oxygens (including phenoxy) is 1. The highest BCUT2D eigenvalue weighted by atomic mass is 33.1. The largest absolute Gasteiger partial charge is 0.469 e. The first-order valence-corrected chi connectivity index (χ1v) is 6.60. The Bertz CT molecular complexity index is 256. The number of carbonyl (C=O) groups is 2. The van der Waals surface area contributed by atoms with Crippen LogP contribution < -0.4 is 5.73 Å². The maximum atomic E-state index is 11.3. The van der Waals surface area contributed by atoms with Gasteiger partial charge in [0.05, 0.1) is 18.1 Å². The summed E-state index contributed by atoms with van der Waals surface area (Å²) in [4.78, 5) is 22.2. The first-order valence-electron chi connectivity index (χ1n) is 4.28. The Morgan fingerprint density at radius 3 is 2.53 bits per heavy atom. The molecule has 0 radical (unpaired) electrons. The molecule has 0 heterocycles. The topological polar surface area (TPSA) is 69.4 Å². The SMILES string of the molecule is C=C(N)SSCC(CC(C)=O)C(=O)OC. The van der Waals surface area contributed by atoms with E-state index in [1.165, 1.54) is 35.6 Å². The van der Waals surface area contributed by atoms with Crippen molar-refractivity contribution in [1.29, 1.82) is 0 Å².